The molecule has 0 saturated heterocycles. The van der Waals surface area contributed by atoms with Gasteiger partial charge < -0.3 is 34.6 Å². The van der Waals surface area contributed by atoms with Crippen molar-refractivity contribution in [2.75, 3.05) is 33.0 Å². The van der Waals surface area contributed by atoms with Gasteiger partial charge in [-0.2, -0.15) is 74.6 Å². The minimum absolute atomic E-state index is 0.0970. The topological polar surface area (TPSA) is 109 Å². The first kappa shape index (κ1) is 52.1. The van der Waals surface area contributed by atoms with Crippen molar-refractivity contribution >= 4 is 0 Å². The molecule has 0 amide bonds. The fourth-order valence-corrected chi connectivity index (χ4v) is 5.36. The Morgan fingerprint density at radius 3 is 1.29 bits per heavy atom. The maximum absolute atomic E-state index is 14.3. The molecule has 0 aliphatic rings. The van der Waals surface area contributed by atoms with Crippen molar-refractivity contribution in [2.45, 2.75) is 91.9 Å². The molecule has 3 aromatic carbocycles. The van der Waals surface area contributed by atoms with Crippen molar-refractivity contribution in [3.63, 3.8) is 0 Å². The standard InChI is InChI=1S/C38H37F17O7/c39-31(40,32(41,42)33(43,44)34(45,46)35(47,48)36(49,50)37(51,52)38(53,54)55)15-3-1-2-4-16-60-30-17-24(22-5-10-27(11-6-22)61-20-25(58)18-56)9-14-29(30)23-7-12-28(13-8-23)62-21-26(59)19-57/h5-14,17,25-26,56-59H,1-4,15-16,18-21H2. The van der Waals surface area contributed by atoms with E-state index in [-0.39, 0.29) is 38.4 Å². The van der Waals surface area contributed by atoms with Crippen LogP contribution in [0.2, 0.25) is 0 Å². The van der Waals surface area contributed by atoms with Gasteiger partial charge in [-0.25, -0.2) is 0 Å². The first-order valence-electron chi connectivity index (χ1n) is 18.0. The van der Waals surface area contributed by atoms with E-state index in [1.807, 2.05) is 0 Å². The third-order valence-corrected chi connectivity index (χ3v) is 9.07. The second-order valence-corrected chi connectivity index (χ2v) is 13.7. The number of halogens is 17. The molecule has 0 aliphatic heterocycles. The number of rotatable bonds is 24. The lowest BCUT2D eigenvalue weighted by Crippen LogP contribution is -2.74. The molecule has 0 radical (unpaired) electrons. The molecule has 0 saturated carbocycles. The summed E-state index contributed by atoms with van der Waals surface area (Å²) in [6.45, 7) is -1.78. The molecule has 2 atom stereocenters. The highest BCUT2D eigenvalue weighted by Gasteiger charge is 2.95. The first-order valence-corrected chi connectivity index (χ1v) is 18.0. The Bertz CT molecular complexity index is 1870. The Kier molecular flexibility index (Phi) is 16.5. The predicted molar refractivity (Wildman–Crippen MR) is 184 cm³/mol. The number of aliphatic hydroxyl groups excluding tert-OH is 4. The zero-order valence-corrected chi connectivity index (χ0v) is 31.5. The summed E-state index contributed by atoms with van der Waals surface area (Å²) in [6.07, 6.45) is -14.8. The zero-order valence-electron chi connectivity index (χ0n) is 31.5. The van der Waals surface area contributed by atoms with Crippen LogP contribution in [0.15, 0.2) is 66.7 Å². The van der Waals surface area contributed by atoms with Gasteiger partial charge in [0.2, 0.25) is 0 Å². The van der Waals surface area contributed by atoms with Crippen molar-refractivity contribution in [3.05, 3.63) is 66.7 Å². The summed E-state index contributed by atoms with van der Waals surface area (Å²) in [4.78, 5) is 0. The Labute approximate surface area is 340 Å². The van der Waals surface area contributed by atoms with Gasteiger partial charge in [0.05, 0.1) is 19.8 Å². The number of unbranched alkanes of at least 4 members (excludes halogenated alkanes) is 3. The van der Waals surface area contributed by atoms with Crippen molar-refractivity contribution in [1.29, 1.82) is 0 Å². The van der Waals surface area contributed by atoms with E-state index in [0.717, 1.165) is 0 Å². The number of hydrogen-bond donors (Lipinski definition) is 4. The highest BCUT2D eigenvalue weighted by atomic mass is 19.4. The molecule has 0 bridgehead atoms. The van der Waals surface area contributed by atoms with E-state index < -0.39 is 92.3 Å². The van der Waals surface area contributed by atoms with Crippen LogP contribution in [0.25, 0.3) is 22.3 Å². The molecule has 0 spiro atoms. The lowest BCUT2D eigenvalue weighted by atomic mass is 9.88. The van der Waals surface area contributed by atoms with Crippen LogP contribution in [0, 0.1) is 0 Å². The van der Waals surface area contributed by atoms with Crippen molar-refractivity contribution in [1.82, 2.24) is 0 Å². The fraction of sp³-hybridized carbons (Fsp3) is 0.526. The summed E-state index contributed by atoms with van der Waals surface area (Å²) >= 11 is 0. The average molecular weight is 929 g/mol. The van der Waals surface area contributed by atoms with Gasteiger partial charge in [0.15, 0.2) is 0 Å². The molecule has 350 valence electrons. The largest absolute Gasteiger partial charge is 0.493 e. The summed E-state index contributed by atoms with van der Waals surface area (Å²) in [7, 11) is 0. The molecule has 0 fully saturated rings. The van der Waals surface area contributed by atoms with Crippen LogP contribution in [0.1, 0.15) is 32.1 Å². The summed E-state index contributed by atoms with van der Waals surface area (Å²) in [6, 6.07) is 17.5. The summed E-state index contributed by atoms with van der Waals surface area (Å²) in [5, 5.41) is 36.9. The lowest BCUT2D eigenvalue weighted by Gasteiger charge is -2.42. The quantitative estimate of drug-likeness (QED) is 0.0524. The summed E-state index contributed by atoms with van der Waals surface area (Å²) in [5.74, 6) is -55.7. The van der Waals surface area contributed by atoms with Crippen LogP contribution in [0.4, 0.5) is 74.6 Å². The molecular formula is C38H37F17O7. The molecule has 62 heavy (non-hydrogen) atoms. The maximum Gasteiger partial charge on any atom is 0.460 e. The normalized spacial score (nSPS) is 14.7. The minimum atomic E-state index is -8.67. The van der Waals surface area contributed by atoms with E-state index >= 15 is 0 Å². The fourth-order valence-electron chi connectivity index (χ4n) is 5.36. The lowest BCUT2D eigenvalue weighted by molar-refractivity contribution is -0.461. The monoisotopic (exact) mass is 928 g/mol. The van der Waals surface area contributed by atoms with Crippen molar-refractivity contribution < 1.29 is 109 Å². The average Bonchev–Trinajstić information content (AvgIpc) is 3.20. The van der Waals surface area contributed by atoms with E-state index in [0.29, 0.717) is 33.8 Å². The van der Waals surface area contributed by atoms with E-state index in [1.165, 1.54) is 12.1 Å². The first-order chi connectivity index (χ1) is 28.4. The molecule has 0 aliphatic carbocycles. The van der Waals surface area contributed by atoms with Gasteiger partial charge in [-0.3, -0.25) is 0 Å². The molecule has 4 N–H and O–H groups in total. The van der Waals surface area contributed by atoms with E-state index in [9.17, 15) is 84.9 Å². The van der Waals surface area contributed by atoms with E-state index in [4.69, 9.17) is 24.4 Å². The zero-order chi connectivity index (χ0) is 47.2. The van der Waals surface area contributed by atoms with Crippen LogP contribution in [0.5, 0.6) is 17.2 Å². The molecule has 3 rings (SSSR count). The van der Waals surface area contributed by atoms with Gasteiger partial charge >= 0.3 is 47.6 Å². The molecule has 0 heterocycles. The van der Waals surface area contributed by atoms with Gasteiger partial charge in [-0.05, 0) is 59.9 Å². The van der Waals surface area contributed by atoms with Gasteiger partial charge in [0.25, 0.3) is 0 Å². The van der Waals surface area contributed by atoms with Crippen molar-refractivity contribution in [2.24, 2.45) is 0 Å². The van der Waals surface area contributed by atoms with Crippen LogP contribution in [0.3, 0.4) is 0 Å². The SMILES string of the molecule is OCC(O)COc1ccc(-c2ccc(-c3ccc(OCC(O)CO)cc3)c(OCCCCCCC(F)(F)C(F)(F)C(F)(F)C(F)(F)C(F)(F)C(F)(F)C(F)(F)C(F)(F)F)c2)cc1. The van der Waals surface area contributed by atoms with Crippen molar-refractivity contribution in [3.8, 4) is 39.5 Å². The molecule has 7 nitrogen and oxygen atoms in total. The molecule has 2 unspecified atom stereocenters. The Hall–Kier alpha value is -4.29. The Morgan fingerprint density at radius 1 is 0.435 bits per heavy atom. The minimum Gasteiger partial charge on any atom is -0.493 e. The van der Waals surface area contributed by atoms with Crippen LogP contribution in [-0.4, -0.2) is 113 Å². The number of ether oxygens (including phenoxy) is 3. The highest BCUT2D eigenvalue weighted by molar-refractivity contribution is 5.76. The second-order valence-electron chi connectivity index (χ2n) is 13.7. The van der Waals surface area contributed by atoms with Crippen LogP contribution >= 0.6 is 0 Å². The molecule has 0 aromatic heterocycles. The number of hydrogen-bond acceptors (Lipinski definition) is 7. The summed E-state index contributed by atoms with van der Waals surface area (Å²) in [5.41, 5.74) is 2.16. The van der Waals surface area contributed by atoms with Gasteiger partial charge in [0.1, 0.15) is 42.7 Å². The highest BCUT2D eigenvalue weighted by Crippen LogP contribution is 2.64. The molecular weight excluding hydrogens is 891 g/mol. The second kappa shape index (κ2) is 19.6. The molecule has 24 heteroatoms. The Morgan fingerprint density at radius 2 is 0.839 bits per heavy atom. The van der Waals surface area contributed by atoms with Gasteiger partial charge in [-0.15, -0.1) is 0 Å². The third kappa shape index (κ3) is 10.7. The van der Waals surface area contributed by atoms with E-state index in [1.54, 1.807) is 54.6 Å². The number of benzene rings is 3. The maximum atomic E-state index is 14.3. The Balaban J connectivity index is 1.73. The number of alkyl halides is 17. The van der Waals surface area contributed by atoms with Crippen LogP contribution in [-0.2, 0) is 0 Å². The summed E-state index contributed by atoms with van der Waals surface area (Å²) < 4.78 is 247. The number of aliphatic hydroxyl groups is 4. The third-order valence-electron chi connectivity index (χ3n) is 9.07. The van der Waals surface area contributed by atoms with Gasteiger partial charge in [0, 0.05) is 12.0 Å². The molecule has 3 aromatic rings. The van der Waals surface area contributed by atoms with E-state index in [2.05, 4.69) is 0 Å². The van der Waals surface area contributed by atoms with Crippen LogP contribution < -0.4 is 14.2 Å². The predicted octanol–water partition coefficient (Wildman–Crippen LogP) is 9.82. The smallest absolute Gasteiger partial charge is 0.460 e. The van der Waals surface area contributed by atoms with Gasteiger partial charge in [-0.1, -0.05) is 49.2 Å².